The smallest absolute Gasteiger partial charge is 0.408 e. The van der Waals surface area contributed by atoms with Gasteiger partial charge in [0.1, 0.15) is 22.9 Å². The molecule has 3 unspecified atom stereocenters. The minimum atomic E-state index is -0.569. The number of nitrogens with zero attached hydrogens (tertiary/aromatic N) is 1. The Kier molecular flexibility index (Phi) is 5.18. The maximum absolute atomic E-state index is 12.7. The lowest BCUT2D eigenvalue weighted by atomic mass is 9.88. The van der Waals surface area contributed by atoms with Crippen molar-refractivity contribution in [3.63, 3.8) is 0 Å². The van der Waals surface area contributed by atoms with Gasteiger partial charge in [0, 0.05) is 5.92 Å². The molecule has 1 aliphatic heterocycles. The average Bonchev–Trinajstić information content (AvgIpc) is 3.09. The summed E-state index contributed by atoms with van der Waals surface area (Å²) in [6, 6.07) is 14.0. The molecule has 0 fully saturated rings. The van der Waals surface area contributed by atoms with E-state index in [4.69, 9.17) is 15.2 Å². The highest BCUT2D eigenvalue weighted by Crippen LogP contribution is 2.44. The number of carbonyl (C=O) groups excluding carboxylic acids is 1. The number of amidine groups is 1. The Balaban J connectivity index is 1.70. The summed E-state index contributed by atoms with van der Waals surface area (Å²) >= 11 is 0. The van der Waals surface area contributed by atoms with Gasteiger partial charge in [-0.3, -0.25) is 0 Å². The fourth-order valence-electron chi connectivity index (χ4n) is 4.18. The molecule has 0 radical (unpaired) electrons. The summed E-state index contributed by atoms with van der Waals surface area (Å²) < 4.78 is 11.4. The lowest BCUT2D eigenvalue weighted by Crippen LogP contribution is -2.37. The number of rotatable bonds is 3. The summed E-state index contributed by atoms with van der Waals surface area (Å²) in [7, 11) is 0. The van der Waals surface area contributed by atoms with Crippen LogP contribution in [0.1, 0.15) is 62.8 Å². The number of aliphatic imine (C=N–C) groups is 1. The standard InChI is InChI=1S/C24H29N3O3/c1-14-22(25)26-19-13-16(10-12-20(19)29-14)21(27-23(28)30-24(2,3)4)18-11-9-15-7-5-6-8-17(15)18/h5-8,10,12-14,18,21H,9,11H2,1-4H3,(H2,25,26)(H,27,28). The summed E-state index contributed by atoms with van der Waals surface area (Å²) in [4.78, 5) is 17.2. The molecule has 6 nitrogen and oxygen atoms in total. The van der Waals surface area contributed by atoms with Gasteiger partial charge in [-0.15, -0.1) is 0 Å². The van der Waals surface area contributed by atoms with Crippen LogP contribution in [0.3, 0.4) is 0 Å². The van der Waals surface area contributed by atoms with E-state index in [0.717, 1.165) is 18.4 Å². The Labute approximate surface area is 177 Å². The first kappa shape index (κ1) is 20.3. The number of carbonyl (C=O) groups is 1. The first-order chi connectivity index (χ1) is 14.2. The minimum Gasteiger partial charge on any atom is -0.481 e. The number of alkyl carbamates (subject to hydrolysis) is 1. The number of hydrogen-bond acceptors (Lipinski definition) is 5. The molecular weight excluding hydrogens is 378 g/mol. The van der Waals surface area contributed by atoms with Crippen LogP contribution in [-0.4, -0.2) is 23.6 Å². The maximum Gasteiger partial charge on any atom is 0.408 e. The largest absolute Gasteiger partial charge is 0.481 e. The van der Waals surface area contributed by atoms with Crippen molar-refractivity contribution in [2.24, 2.45) is 10.7 Å². The van der Waals surface area contributed by atoms with Crippen molar-refractivity contribution in [2.45, 2.75) is 64.2 Å². The molecule has 2 aromatic carbocycles. The molecule has 0 bridgehead atoms. The third kappa shape index (κ3) is 4.13. The molecule has 1 aliphatic carbocycles. The van der Waals surface area contributed by atoms with Gasteiger partial charge in [-0.1, -0.05) is 30.3 Å². The fourth-order valence-corrected chi connectivity index (χ4v) is 4.18. The van der Waals surface area contributed by atoms with E-state index in [9.17, 15) is 4.79 Å². The first-order valence-electron chi connectivity index (χ1n) is 10.4. The Morgan fingerprint density at radius 1 is 1.27 bits per heavy atom. The first-order valence-corrected chi connectivity index (χ1v) is 10.4. The topological polar surface area (TPSA) is 85.9 Å². The lowest BCUT2D eigenvalue weighted by Gasteiger charge is -2.29. The molecule has 2 aromatic rings. The number of benzene rings is 2. The Bertz CT molecular complexity index is 993. The van der Waals surface area contributed by atoms with E-state index in [1.807, 2.05) is 45.9 Å². The van der Waals surface area contributed by atoms with Crippen molar-refractivity contribution in [3.8, 4) is 5.75 Å². The van der Waals surface area contributed by atoms with Crippen molar-refractivity contribution < 1.29 is 14.3 Å². The molecule has 0 saturated heterocycles. The van der Waals surface area contributed by atoms with E-state index in [1.54, 1.807) is 0 Å². The number of amides is 1. The van der Waals surface area contributed by atoms with E-state index in [1.165, 1.54) is 11.1 Å². The molecule has 158 valence electrons. The molecule has 0 spiro atoms. The third-order valence-corrected chi connectivity index (χ3v) is 5.57. The molecule has 3 atom stereocenters. The second-order valence-corrected chi connectivity index (χ2v) is 8.99. The van der Waals surface area contributed by atoms with E-state index in [2.05, 4.69) is 34.6 Å². The van der Waals surface area contributed by atoms with E-state index in [0.29, 0.717) is 17.3 Å². The van der Waals surface area contributed by atoms with Crippen LogP contribution in [0.4, 0.5) is 10.5 Å². The van der Waals surface area contributed by atoms with Gasteiger partial charge in [0.15, 0.2) is 6.10 Å². The number of ether oxygens (including phenoxy) is 2. The van der Waals surface area contributed by atoms with Crippen LogP contribution in [0.25, 0.3) is 0 Å². The maximum atomic E-state index is 12.7. The average molecular weight is 408 g/mol. The molecule has 4 rings (SSSR count). The predicted octanol–water partition coefficient (Wildman–Crippen LogP) is 4.75. The van der Waals surface area contributed by atoms with Gasteiger partial charge in [0.2, 0.25) is 0 Å². The second-order valence-electron chi connectivity index (χ2n) is 8.99. The predicted molar refractivity (Wildman–Crippen MR) is 117 cm³/mol. The zero-order chi connectivity index (χ0) is 21.5. The number of aryl methyl sites for hydroxylation is 1. The van der Waals surface area contributed by atoms with Gasteiger partial charge < -0.3 is 20.5 Å². The molecule has 30 heavy (non-hydrogen) atoms. The number of hydrogen-bond donors (Lipinski definition) is 2. The van der Waals surface area contributed by atoms with Crippen LogP contribution in [0.5, 0.6) is 5.75 Å². The van der Waals surface area contributed by atoms with Gasteiger partial charge in [-0.05, 0) is 69.4 Å². The van der Waals surface area contributed by atoms with Crippen LogP contribution in [0, 0.1) is 0 Å². The van der Waals surface area contributed by atoms with Crippen molar-refractivity contribution in [1.82, 2.24) is 5.32 Å². The van der Waals surface area contributed by atoms with Crippen molar-refractivity contribution >= 4 is 17.6 Å². The summed E-state index contributed by atoms with van der Waals surface area (Å²) in [6.07, 6.45) is 1.27. The number of nitrogens with two attached hydrogens (primary N) is 1. The Morgan fingerprint density at radius 2 is 2.03 bits per heavy atom. The summed E-state index contributed by atoms with van der Waals surface area (Å²) in [5.41, 5.74) is 9.66. The quantitative estimate of drug-likeness (QED) is 0.769. The van der Waals surface area contributed by atoms with Gasteiger partial charge in [0.05, 0.1) is 6.04 Å². The molecule has 3 N–H and O–H groups in total. The molecule has 1 amide bonds. The normalized spacial score (nSPS) is 21.0. The fraction of sp³-hybridized carbons (Fsp3) is 0.417. The van der Waals surface area contributed by atoms with E-state index in [-0.39, 0.29) is 18.1 Å². The highest BCUT2D eigenvalue weighted by molar-refractivity contribution is 5.89. The Morgan fingerprint density at radius 3 is 2.80 bits per heavy atom. The molecule has 2 aliphatic rings. The molecule has 1 heterocycles. The van der Waals surface area contributed by atoms with Crippen molar-refractivity contribution in [3.05, 3.63) is 59.2 Å². The van der Waals surface area contributed by atoms with Crippen LogP contribution in [0.2, 0.25) is 0 Å². The third-order valence-electron chi connectivity index (χ3n) is 5.57. The van der Waals surface area contributed by atoms with Gasteiger partial charge in [0.25, 0.3) is 0 Å². The SMILES string of the molecule is CC1Oc2ccc(C(NC(=O)OC(C)(C)C)C3CCc4ccccc43)cc2N=C1N. The van der Waals surface area contributed by atoms with E-state index >= 15 is 0 Å². The van der Waals surface area contributed by atoms with Gasteiger partial charge in [-0.2, -0.15) is 0 Å². The molecular formula is C24H29N3O3. The summed E-state index contributed by atoms with van der Waals surface area (Å²) in [5.74, 6) is 1.29. The summed E-state index contributed by atoms with van der Waals surface area (Å²) in [5, 5.41) is 3.12. The molecule has 0 aromatic heterocycles. The highest BCUT2D eigenvalue weighted by atomic mass is 16.6. The zero-order valence-corrected chi connectivity index (χ0v) is 17.9. The molecule has 6 heteroatoms. The van der Waals surface area contributed by atoms with Gasteiger partial charge >= 0.3 is 6.09 Å². The second kappa shape index (κ2) is 7.67. The molecule has 0 saturated carbocycles. The van der Waals surface area contributed by atoms with Crippen molar-refractivity contribution in [1.29, 1.82) is 0 Å². The minimum absolute atomic E-state index is 0.150. The zero-order valence-electron chi connectivity index (χ0n) is 17.9. The van der Waals surface area contributed by atoms with Crippen LogP contribution in [-0.2, 0) is 11.2 Å². The number of nitrogens with one attached hydrogen (secondary N) is 1. The monoisotopic (exact) mass is 407 g/mol. The van der Waals surface area contributed by atoms with E-state index < -0.39 is 11.7 Å². The lowest BCUT2D eigenvalue weighted by molar-refractivity contribution is 0.0495. The Hall–Kier alpha value is -3.02. The van der Waals surface area contributed by atoms with Crippen LogP contribution in [0.15, 0.2) is 47.5 Å². The summed E-state index contributed by atoms with van der Waals surface area (Å²) in [6.45, 7) is 7.46. The number of fused-ring (bicyclic) bond motifs is 2. The van der Waals surface area contributed by atoms with Crippen molar-refractivity contribution in [2.75, 3.05) is 0 Å². The highest BCUT2D eigenvalue weighted by Gasteiger charge is 2.33. The van der Waals surface area contributed by atoms with Crippen LogP contribution >= 0.6 is 0 Å². The van der Waals surface area contributed by atoms with Gasteiger partial charge in [-0.25, -0.2) is 9.79 Å². The van der Waals surface area contributed by atoms with Crippen LogP contribution < -0.4 is 15.8 Å².